The molecule has 1 aromatic heterocycles. The topological polar surface area (TPSA) is 88.5 Å². The Kier molecular flexibility index (Phi) is 5.98. The van der Waals surface area contributed by atoms with Crippen molar-refractivity contribution in [2.75, 3.05) is 13.1 Å². The van der Waals surface area contributed by atoms with E-state index in [1.165, 1.54) is 22.6 Å². The second-order valence-corrected chi connectivity index (χ2v) is 8.66. The minimum absolute atomic E-state index is 0.0166. The quantitative estimate of drug-likeness (QED) is 0.784. The molecule has 3 rings (SSSR count). The highest BCUT2D eigenvalue weighted by atomic mass is 35.5. The van der Waals surface area contributed by atoms with Crippen LogP contribution in [0, 0.1) is 0 Å². The number of nitrogens with one attached hydrogen (secondary N) is 1. The number of hydrogen-bond donors (Lipinski definition) is 1. The summed E-state index contributed by atoms with van der Waals surface area (Å²) >= 11 is 6.05. The lowest BCUT2D eigenvalue weighted by Gasteiger charge is -2.16. The molecule has 0 radical (unpaired) electrons. The molecule has 1 saturated heterocycles. The smallest absolute Gasteiger partial charge is 0.251 e. The first-order valence-electron chi connectivity index (χ1n) is 8.59. The van der Waals surface area contributed by atoms with Crippen molar-refractivity contribution in [3.05, 3.63) is 63.5 Å². The standard InChI is InChI=1S/C18H20ClN3O4S/c19-16-6-2-1-5-14(16)11-20-17(23)13-21-12-15(7-8-18(21)24)27(25,26)22-9-3-4-10-22/h1-2,5-8,12H,3-4,9-11,13H2,(H,20,23). The number of carbonyl (C=O) groups excluding carboxylic acids is 1. The molecular formula is C18H20ClN3O4S. The number of halogens is 1. The second kappa shape index (κ2) is 8.24. The van der Waals surface area contributed by atoms with E-state index >= 15 is 0 Å². The van der Waals surface area contributed by atoms with E-state index in [2.05, 4.69) is 5.32 Å². The molecule has 0 bridgehead atoms. The van der Waals surface area contributed by atoms with Crippen molar-refractivity contribution < 1.29 is 13.2 Å². The molecule has 0 saturated carbocycles. The fourth-order valence-electron chi connectivity index (χ4n) is 2.91. The molecular weight excluding hydrogens is 390 g/mol. The third kappa shape index (κ3) is 4.58. The Morgan fingerprint density at radius 2 is 1.81 bits per heavy atom. The number of carbonyl (C=O) groups is 1. The van der Waals surface area contributed by atoms with Crippen LogP contribution < -0.4 is 10.9 Å². The summed E-state index contributed by atoms with van der Waals surface area (Å²) < 4.78 is 27.8. The van der Waals surface area contributed by atoms with Gasteiger partial charge in [0.1, 0.15) is 6.54 Å². The number of nitrogens with zero attached hydrogens (tertiary/aromatic N) is 2. The fraction of sp³-hybridized carbons (Fsp3) is 0.333. The maximum Gasteiger partial charge on any atom is 0.251 e. The van der Waals surface area contributed by atoms with Crippen LogP contribution in [0.15, 0.2) is 52.3 Å². The minimum atomic E-state index is -3.65. The van der Waals surface area contributed by atoms with Crippen LogP contribution in [0.1, 0.15) is 18.4 Å². The van der Waals surface area contributed by atoms with Gasteiger partial charge in [0, 0.05) is 36.9 Å². The van der Waals surface area contributed by atoms with E-state index in [4.69, 9.17) is 11.6 Å². The molecule has 0 spiro atoms. The first-order valence-corrected chi connectivity index (χ1v) is 10.4. The summed E-state index contributed by atoms with van der Waals surface area (Å²) in [5.74, 6) is -0.409. The third-order valence-corrected chi connectivity index (χ3v) is 6.66. The van der Waals surface area contributed by atoms with E-state index in [1.54, 1.807) is 18.2 Å². The van der Waals surface area contributed by atoms with Crippen molar-refractivity contribution in [1.29, 1.82) is 0 Å². The summed E-state index contributed by atoms with van der Waals surface area (Å²) in [5, 5.41) is 3.22. The van der Waals surface area contributed by atoms with E-state index in [-0.39, 0.29) is 18.0 Å². The van der Waals surface area contributed by atoms with Crippen LogP contribution in [0.4, 0.5) is 0 Å². The Morgan fingerprint density at radius 1 is 1.11 bits per heavy atom. The first kappa shape index (κ1) is 19.6. The largest absolute Gasteiger partial charge is 0.350 e. The molecule has 27 heavy (non-hydrogen) atoms. The average Bonchev–Trinajstić information content (AvgIpc) is 3.18. The van der Waals surface area contributed by atoms with E-state index < -0.39 is 21.5 Å². The Hall–Kier alpha value is -2.16. The van der Waals surface area contributed by atoms with Crippen LogP contribution >= 0.6 is 11.6 Å². The maximum absolute atomic E-state index is 12.6. The van der Waals surface area contributed by atoms with Gasteiger partial charge in [-0.25, -0.2) is 8.42 Å². The lowest BCUT2D eigenvalue weighted by molar-refractivity contribution is -0.121. The number of sulfonamides is 1. The number of rotatable bonds is 6. The van der Waals surface area contributed by atoms with Gasteiger partial charge in [0.2, 0.25) is 15.9 Å². The summed E-state index contributed by atoms with van der Waals surface area (Å²) in [6.07, 6.45) is 2.87. The van der Waals surface area contributed by atoms with Crippen LogP contribution in [-0.4, -0.2) is 36.3 Å². The van der Waals surface area contributed by atoms with Gasteiger partial charge in [-0.1, -0.05) is 29.8 Å². The SMILES string of the molecule is O=C(Cn1cc(S(=O)(=O)N2CCCC2)ccc1=O)NCc1ccccc1Cl. The molecule has 2 heterocycles. The van der Waals surface area contributed by atoms with E-state index in [0.717, 1.165) is 23.0 Å². The molecule has 1 N–H and O–H groups in total. The van der Waals surface area contributed by atoms with Crippen LogP contribution in [0.25, 0.3) is 0 Å². The molecule has 1 amide bonds. The van der Waals surface area contributed by atoms with Crippen molar-refractivity contribution >= 4 is 27.5 Å². The Labute approximate surface area is 162 Å². The predicted octanol–water partition coefficient (Wildman–Crippen LogP) is 1.60. The van der Waals surface area contributed by atoms with Crippen LogP contribution in [0.3, 0.4) is 0 Å². The lowest BCUT2D eigenvalue weighted by Crippen LogP contribution is -2.33. The summed E-state index contributed by atoms with van der Waals surface area (Å²) in [6, 6.07) is 9.57. The van der Waals surface area contributed by atoms with E-state index in [0.29, 0.717) is 18.1 Å². The molecule has 1 fully saturated rings. The van der Waals surface area contributed by atoms with Crippen molar-refractivity contribution in [2.24, 2.45) is 0 Å². The third-order valence-electron chi connectivity index (χ3n) is 4.41. The van der Waals surface area contributed by atoms with Crippen molar-refractivity contribution in [2.45, 2.75) is 30.8 Å². The van der Waals surface area contributed by atoms with Gasteiger partial charge >= 0.3 is 0 Å². The number of aromatic nitrogens is 1. The molecule has 0 unspecified atom stereocenters. The molecule has 1 aliphatic rings. The van der Waals surface area contributed by atoms with Crippen LogP contribution in [0.2, 0.25) is 5.02 Å². The molecule has 0 aliphatic carbocycles. The summed E-state index contributed by atoms with van der Waals surface area (Å²) in [6.45, 7) is 0.894. The van der Waals surface area contributed by atoms with Gasteiger partial charge < -0.3 is 9.88 Å². The normalized spacial score (nSPS) is 15.0. The van der Waals surface area contributed by atoms with Crippen LogP contribution in [0.5, 0.6) is 0 Å². The Morgan fingerprint density at radius 3 is 2.52 bits per heavy atom. The van der Waals surface area contributed by atoms with Gasteiger partial charge in [-0.15, -0.1) is 0 Å². The number of benzene rings is 1. The van der Waals surface area contributed by atoms with Gasteiger partial charge in [0.15, 0.2) is 0 Å². The highest BCUT2D eigenvalue weighted by Gasteiger charge is 2.27. The summed E-state index contributed by atoms with van der Waals surface area (Å²) in [4.78, 5) is 24.2. The zero-order valence-electron chi connectivity index (χ0n) is 14.6. The monoisotopic (exact) mass is 409 g/mol. The average molecular weight is 410 g/mol. The summed E-state index contributed by atoms with van der Waals surface area (Å²) in [7, 11) is -3.65. The van der Waals surface area contributed by atoms with Crippen molar-refractivity contribution in [3.8, 4) is 0 Å². The van der Waals surface area contributed by atoms with E-state index in [9.17, 15) is 18.0 Å². The predicted molar refractivity (Wildman–Crippen MR) is 102 cm³/mol. The lowest BCUT2D eigenvalue weighted by atomic mass is 10.2. The van der Waals surface area contributed by atoms with Gasteiger partial charge in [-0.2, -0.15) is 4.31 Å². The highest BCUT2D eigenvalue weighted by molar-refractivity contribution is 7.89. The van der Waals surface area contributed by atoms with E-state index in [1.807, 2.05) is 6.07 Å². The molecule has 9 heteroatoms. The van der Waals surface area contributed by atoms with Gasteiger partial charge in [-0.3, -0.25) is 9.59 Å². The number of amides is 1. The maximum atomic E-state index is 12.6. The Balaban J connectivity index is 1.72. The second-order valence-electron chi connectivity index (χ2n) is 6.31. The molecule has 144 valence electrons. The molecule has 1 aliphatic heterocycles. The van der Waals surface area contributed by atoms with Gasteiger partial charge in [-0.05, 0) is 30.5 Å². The van der Waals surface area contributed by atoms with Crippen LogP contribution in [-0.2, 0) is 27.9 Å². The number of hydrogen-bond acceptors (Lipinski definition) is 4. The number of pyridine rings is 1. The summed E-state index contributed by atoms with van der Waals surface area (Å²) in [5.41, 5.74) is 0.313. The molecule has 7 nitrogen and oxygen atoms in total. The zero-order valence-corrected chi connectivity index (χ0v) is 16.2. The minimum Gasteiger partial charge on any atom is -0.350 e. The molecule has 2 aromatic rings. The van der Waals surface area contributed by atoms with Gasteiger partial charge in [0.05, 0.1) is 4.90 Å². The van der Waals surface area contributed by atoms with Crippen molar-refractivity contribution in [3.63, 3.8) is 0 Å². The fourth-order valence-corrected chi connectivity index (χ4v) is 4.65. The zero-order chi connectivity index (χ0) is 19.4. The highest BCUT2D eigenvalue weighted by Crippen LogP contribution is 2.19. The molecule has 1 aromatic carbocycles. The molecule has 0 atom stereocenters. The first-order chi connectivity index (χ1) is 12.9. The Bertz CT molecular complexity index is 998. The van der Waals surface area contributed by atoms with Gasteiger partial charge in [0.25, 0.3) is 5.56 Å². The van der Waals surface area contributed by atoms with Crippen molar-refractivity contribution in [1.82, 2.24) is 14.2 Å².